The summed E-state index contributed by atoms with van der Waals surface area (Å²) < 4.78 is 1.19. The molecule has 0 aliphatic carbocycles. The smallest absolute Gasteiger partial charge is 0.0415 e. The van der Waals surface area contributed by atoms with Gasteiger partial charge in [-0.2, -0.15) is 0 Å². The number of fused-ring (bicyclic) bond motifs is 1. The van der Waals surface area contributed by atoms with Gasteiger partial charge in [0, 0.05) is 23.2 Å². The topological polar surface area (TPSA) is 3.24 Å². The normalized spacial score (nSPS) is 18.4. The third kappa shape index (κ3) is 2.13. The van der Waals surface area contributed by atoms with Gasteiger partial charge in [-0.1, -0.05) is 42.8 Å². The first-order chi connectivity index (χ1) is 7.54. The Kier molecular flexibility index (Phi) is 3.29. The molecule has 1 heterocycles. The van der Waals surface area contributed by atoms with Crippen LogP contribution in [0.15, 0.2) is 22.7 Å². The summed E-state index contributed by atoms with van der Waals surface area (Å²) in [6.07, 6.45) is 2.47. The van der Waals surface area contributed by atoms with Crippen molar-refractivity contribution in [1.82, 2.24) is 0 Å². The van der Waals surface area contributed by atoms with Gasteiger partial charge in [0.15, 0.2) is 0 Å². The lowest BCUT2D eigenvalue weighted by atomic mass is 9.77. The van der Waals surface area contributed by atoms with Crippen LogP contribution in [0, 0.1) is 0 Å². The molecule has 0 radical (unpaired) electrons. The van der Waals surface area contributed by atoms with Crippen LogP contribution in [0.2, 0.25) is 0 Å². The molecular weight excluding hydrogens is 262 g/mol. The van der Waals surface area contributed by atoms with Crippen molar-refractivity contribution in [3.05, 3.63) is 28.2 Å². The molecule has 2 rings (SSSR count). The molecular formula is C14H20BrN. The molecule has 0 bridgehead atoms. The van der Waals surface area contributed by atoms with Crippen LogP contribution >= 0.6 is 15.9 Å². The van der Waals surface area contributed by atoms with Crippen molar-refractivity contribution >= 4 is 21.6 Å². The van der Waals surface area contributed by atoms with Gasteiger partial charge in [-0.3, -0.25) is 0 Å². The van der Waals surface area contributed by atoms with Crippen molar-refractivity contribution in [1.29, 1.82) is 0 Å². The molecule has 1 aliphatic rings. The second kappa shape index (κ2) is 4.40. The molecule has 0 amide bonds. The Balaban J connectivity index is 2.45. The summed E-state index contributed by atoms with van der Waals surface area (Å²) in [4.78, 5) is 2.52. The highest BCUT2D eigenvalue weighted by Crippen LogP contribution is 2.40. The Bertz CT molecular complexity index is 384. The Labute approximate surface area is 107 Å². The predicted octanol–water partition coefficient (Wildman–Crippen LogP) is 4.35. The van der Waals surface area contributed by atoms with Crippen molar-refractivity contribution < 1.29 is 0 Å². The second-order valence-electron chi connectivity index (χ2n) is 5.28. The molecule has 1 aromatic rings. The third-order valence-electron chi connectivity index (χ3n) is 3.53. The van der Waals surface area contributed by atoms with Crippen LogP contribution in [0.25, 0.3) is 0 Å². The molecule has 0 N–H and O–H groups in total. The lowest BCUT2D eigenvalue weighted by Crippen LogP contribution is -2.37. The maximum atomic E-state index is 3.58. The zero-order chi connectivity index (χ0) is 11.8. The van der Waals surface area contributed by atoms with Gasteiger partial charge in [-0.15, -0.1) is 0 Å². The van der Waals surface area contributed by atoms with Gasteiger partial charge >= 0.3 is 0 Å². The van der Waals surface area contributed by atoms with Crippen LogP contribution in [0.5, 0.6) is 0 Å². The van der Waals surface area contributed by atoms with Crippen LogP contribution < -0.4 is 4.90 Å². The molecule has 0 saturated carbocycles. The number of halogens is 1. The summed E-state index contributed by atoms with van der Waals surface area (Å²) in [5.74, 6) is 0. The summed E-state index contributed by atoms with van der Waals surface area (Å²) in [6.45, 7) is 9.30. The van der Waals surface area contributed by atoms with Crippen molar-refractivity contribution in [3.8, 4) is 0 Å². The minimum absolute atomic E-state index is 0.320. The number of nitrogens with zero attached hydrogens (tertiary/aromatic N) is 1. The first-order valence-electron chi connectivity index (χ1n) is 6.09. The first kappa shape index (κ1) is 12.0. The van der Waals surface area contributed by atoms with E-state index in [9.17, 15) is 0 Å². The van der Waals surface area contributed by atoms with Gasteiger partial charge in [0.05, 0.1) is 0 Å². The van der Waals surface area contributed by atoms with E-state index < -0.39 is 0 Å². The van der Waals surface area contributed by atoms with E-state index in [1.807, 2.05) is 0 Å². The van der Waals surface area contributed by atoms with E-state index >= 15 is 0 Å². The van der Waals surface area contributed by atoms with Gasteiger partial charge in [0.25, 0.3) is 0 Å². The van der Waals surface area contributed by atoms with Crippen LogP contribution in [-0.2, 0) is 5.41 Å². The van der Waals surface area contributed by atoms with Gasteiger partial charge in [-0.05, 0) is 36.0 Å². The molecule has 1 nitrogen and oxygen atoms in total. The van der Waals surface area contributed by atoms with Crippen LogP contribution in [-0.4, -0.2) is 13.1 Å². The Morgan fingerprint density at radius 2 is 2.12 bits per heavy atom. The van der Waals surface area contributed by atoms with Crippen molar-refractivity contribution in [2.75, 3.05) is 18.0 Å². The molecule has 0 unspecified atom stereocenters. The molecule has 16 heavy (non-hydrogen) atoms. The maximum absolute atomic E-state index is 3.58. The SMILES string of the molecule is CCCN1CCC(C)(C)c2ccc(Br)cc21. The van der Waals surface area contributed by atoms with Gasteiger partial charge < -0.3 is 4.90 Å². The van der Waals surface area contributed by atoms with Crippen LogP contribution in [0.4, 0.5) is 5.69 Å². The summed E-state index contributed by atoms with van der Waals surface area (Å²) in [5, 5.41) is 0. The van der Waals surface area contributed by atoms with E-state index in [1.54, 1.807) is 0 Å². The van der Waals surface area contributed by atoms with Crippen molar-refractivity contribution in [3.63, 3.8) is 0 Å². The fourth-order valence-corrected chi connectivity index (χ4v) is 2.86. The van der Waals surface area contributed by atoms with Crippen LogP contribution in [0.1, 0.15) is 39.2 Å². The average molecular weight is 282 g/mol. The standard InChI is InChI=1S/C14H20BrN/c1-4-8-16-9-7-14(2,3)12-6-5-11(15)10-13(12)16/h5-6,10H,4,7-9H2,1-3H3. The summed E-state index contributed by atoms with van der Waals surface area (Å²) >= 11 is 3.58. The summed E-state index contributed by atoms with van der Waals surface area (Å²) in [6, 6.07) is 6.71. The quantitative estimate of drug-likeness (QED) is 0.779. The largest absolute Gasteiger partial charge is 0.371 e. The second-order valence-corrected chi connectivity index (χ2v) is 6.20. The Morgan fingerprint density at radius 3 is 2.81 bits per heavy atom. The minimum atomic E-state index is 0.320. The number of benzene rings is 1. The number of rotatable bonds is 2. The van der Waals surface area contributed by atoms with E-state index in [0.717, 1.165) is 0 Å². The number of anilines is 1. The lowest BCUT2D eigenvalue weighted by molar-refractivity contribution is 0.453. The third-order valence-corrected chi connectivity index (χ3v) is 4.02. The predicted molar refractivity (Wildman–Crippen MR) is 74.3 cm³/mol. The monoisotopic (exact) mass is 281 g/mol. The Hall–Kier alpha value is -0.500. The van der Waals surface area contributed by atoms with Crippen molar-refractivity contribution in [2.24, 2.45) is 0 Å². The van der Waals surface area contributed by atoms with Gasteiger partial charge in [0.1, 0.15) is 0 Å². The molecule has 1 aromatic carbocycles. The fraction of sp³-hybridized carbons (Fsp3) is 0.571. The minimum Gasteiger partial charge on any atom is -0.371 e. The lowest BCUT2D eigenvalue weighted by Gasteiger charge is -2.40. The molecule has 0 aromatic heterocycles. The van der Waals surface area contributed by atoms with E-state index in [4.69, 9.17) is 0 Å². The maximum Gasteiger partial charge on any atom is 0.0415 e. The van der Waals surface area contributed by atoms with E-state index in [0.29, 0.717) is 5.41 Å². The number of hydrogen-bond acceptors (Lipinski definition) is 1. The number of hydrogen-bond donors (Lipinski definition) is 0. The summed E-state index contributed by atoms with van der Waals surface area (Å²) in [7, 11) is 0. The van der Waals surface area contributed by atoms with E-state index in [-0.39, 0.29) is 0 Å². The highest BCUT2D eigenvalue weighted by Gasteiger charge is 2.30. The van der Waals surface area contributed by atoms with E-state index in [2.05, 4.69) is 59.8 Å². The fourth-order valence-electron chi connectivity index (χ4n) is 2.51. The zero-order valence-corrected chi connectivity index (χ0v) is 12.0. The average Bonchev–Trinajstić information content (AvgIpc) is 2.22. The van der Waals surface area contributed by atoms with Crippen LogP contribution in [0.3, 0.4) is 0 Å². The van der Waals surface area contributed by atoms with E-state index in [1.165, 1.54) is 41.7 Å². The highest BCUT2D eigenvalue weighted by atomic mass is 79.9. The van der Waals surface area contributed by atoms with Gasteiger partial charge in [-0.25, -0.2) is 0 Å². The molecule has 1 aliphatic heterocycles. The Morgan fingerprint density at radius 1 is 1.38 bits per heavy atom. The molecule has 0 atom stereocenters. The first-order valence-corrected chi connectivity index (χ1v) is 6.89. The molecule has 2 heteroatoms. The molecule has 88 valence electrons. The highest BCUT2D eigenvalue weighted by molar-refractivity contribution is 9.10. The molecule has 0 fully saturated rings. The van der Waals surface area contributed by atoms with Gasteiger partial charge in [0.2, 0.25) is 0 Å². The molecule has 0 saturated heterocycles. The van der Waals surface area contributed by atoms with Crippen molar-refractivity contribution in [2.45, 2.75) is 39.0 Å². The zero-order valence-electron chi connectivity index (χ0n) is 10.4. The summed E-state index contributed by atoms with van der Waals surface area (Å²) in [5.41, 5.74) is 3.24. The molecule has 0 spiro atoms.